The molecule has 0 amide bonds. The SMILES string of the molecule is C[C@H](Nc1ncnc(N)c1-c1nnn(C)n1)c1cc2cccc(-c3cnn(C)c3)c2c(=O)n1-c1ccccc1.C[C@H](Nc1ncnc(N)c1-c1nnn(C)n1)c1cc2cccc(-c3cnn(C)c3)c2c(=O)n1C1CC1. The van der Waals surface area contributed by atoms with Gasteiger partial charge in [-0.3, -0.25) is 23.5 Å². The van der Waals surface area contributed by atoms with Crippen molar-refractivity contribution in [2.75, 3.05) is 22.1 Å². The van der Waals surface area contributed by atoms with Crippen molar-refractivity contribution in [3.63, 3.8) is 0 Å². The highest BCUT2D eigenvalue weighted by Gasteiger charge is 2.31. The molecule has 24 nitrogen and oxygen atoms in total. The summed E-state index contributed by atoms with van der Waals surface area (Å²) in [6, 6.07) is 24.9. The van der Waals surface area contributed by atoms with Gasteiger partial charge in [0.05, 0.1) is 49.3 Å². The number of pyridine rings is 2. The quantitative estimate of drug-likeness (QED) is 0.116. The highest BCUT2D eigenvalue weighted by atomic mass is 16.1. The largest absolute Gasteiger partial charge is 0.383 e. The van der Waals surface area contributed by atoms with E-state index in [2.05, 4.69) is 77.7 Å². The molecule has 75 heavy (non-hydrogen) atoms. The predicted molar refractivity (Wildman–Crippen MR) is 283 cm³/mol. The Morgan fingerprint density at radius 1 is 0.600 bits per heavy atom. The number of nitrogens with zero attached hydrogens (tertiary/aromatic N) is 18. The third-order valence-corrected chi connectivity index (χ3v) is 13.0. The molecule has 11 aromatic rings. The average molecular weight is 1000 g/mol. The van der Waals surface area contributed by atoms with E-state index in [0.29, 0.717) is 45.2 Å². The normalized spacial score (nSPS) is 13.1. The number of hydrogen-bond donors (Lipinski definition) is 4. The van der Waals surface area contributed by atoms with Crippen LogP contribution in [0.25, 0.3) is 72.3 Å². The van der Waals surface area contributed by atoms with Gasteiger partial charge in [0, 0.05) is 60.7 Å². The lowest BCUT2D eigenvalue weighted by Gasteiger charge is -2.22. The van der Waals surface area contributed by atoms with Gasteiger partial charge in [0.25, 0.3) is 11.1 Å². The Labute approximate surface area is 426 Å². The molecule has 1 aliphatic rings. The van der Waals surface area contributed by atoms with Gasteiger partial charge in [-0.05, 0) is 83.3 Å². The Balaban J connectivity index is 0.000000161. The van der Waals surface area contributed by atoms with Gasteiger partial charge in [-0.1, -0.05) is 54.6 Å². The van der Waals surface area contributed by atoms with E-state index < -0.39 is 0 Å². The van der Waals surface area contributed by atoms with E-state index in [1.807, 2.05) is 118 Å². The fourth-order valence-corrected chi connectivity index (χ4v) is 9.37. The van der Waals surface area contributed by atoms with Gasteiger partial charge in [0.2, 0.25) is 11.6 Å². The number of tetrazole rings is 2. The smallest absolute Gasteiger partial charge is 0.263 e. The van der Waals surface area contributed by atoms with Crippen LogP contribution in [0.3, 0.4) is 0 Å². The first kappa shape index (κ1) is 47.3. The van der Waals surface area contributed by atoms with Gasteiger partial charge in [-0.15, -0.1) is 20.4 Å². The molecule has 0 aliphatic heterocycles. The van der Waals surface area contributed by atoms with Gasteiger partial charge in [-0.25, -0.2) is 19.9 Å². The molecule has 1 fully saturated rings. The van der Waals surface area contributed by atoms with Crippen molar-refractivity contribution in [1.82, 2.24) is 89.0 Å². The van der Waals surface area contributed by atoms with Crippen LogP contribution in [0, 0.1) is 0 Å². The zero-order valence-corrected chi connectivity index (χ0v) is 41.6. The fourth-order valence-electron chi connectivity index (χ4n) is 9.37. The van der Waals surface area contributed by atoms with E-state index in [-0.39, 0.29) is 40.9 Å². The predicted octanol–water partition coefficient (Wildman–Crippen LogP) is 5.60. The van der Waals surface area contributed by atoms with Crippen molar-refractivity contribution in [3.05, 3.63) is 148 Å². The molecule has 376 valence electrons. The number of hydrogen-bond acceptors (Lipinski definition) is 18. The number of aromatic nitrogens is 18. The Morgan fingerprint density at radius 2 is 1.09 bits per heavy atom. The molecule has 0 unspecified atom stereocenters. The van der Waals surface area contributed by atoms with E-state index in [0.717, 1.165) is 62.9 Å². The van der Waals surface area contributed by atoms with Gasteiger partial charge in [0.1, 0.15) is 47.1 Å². The van der Waals surface area contributed by atoms with Crippen molar-refractivity contribution in [1.29, 1.82) is 0 Å². The van der Waals surface area contributed by atoms with Crippen molar-refractivity contribution in [2.24, 2.45) is 28.2 Å². The van der Waals surface area contributed by atoms with Gasteiger partial charge in [0.15, 0.2) is 0 Å². The van der Waals surface area contributed by atoms with Crippen molar-refractivity contribution < 1.29 is 0 Å². The molecular weight excluding hydrogens is 953 g/mol. The lowest BCUT2D eigenvalue weighted by atomic mass is 9.99. The summed E-state index contributed by atoms with van der Waals surface area (Å²) in [5.74, 6) is 1.98. The second-order valence-electron chi connectivity index (χ2n) is 18.3. The topological polar surface area (TPSA) is 294 Å². The highest BCUT2D eigenvalue weighted by Crippen LogP contribution is 2.39. The van der Waals surface area contributed by atoms with E-state index in [4.69, 9.17) is 11.5 Å². The number of nitrogen functional groups attached to an aromatic ring is 2. The second-order valence-corrected chi connectivity index (χ2v) is 18.3. The third-order valence-electron chi connectivity index (χ3n) is 13.0. The monoisotopic (exact) mass is 1000 g/mol. The van der Waals surface area contributed by atoms with E-state index in [1.165, 1.54) is 22.2 Å². The summed E-state index contributed by atoms with van der Waals surface area (Å²) in [5, 5.41) is 42.9. The Morgan fingerprint density at radius 3 is 1.56 bits per heavy atom. The molecule has 1 saturated carbocycles. The molecule has 8 aromatic heterocycles. The summed E-state index contributed by atoms with van der Waals surface area (Å²) in [4.78, 5) is 48.0. The van der Waals surface area contributed by atoms with Crippen molar-refractivity contribution in [2.45, 2.75) is 44.8 Å². The van der Waals surface area contributed by atoms with Crippen LogP contribution in [0.1, 0.15) is 56.2 Å². The highest BCUT2D eigenvalue weighted by molar-refractivity contribution is 5.97. The van der Waals surface area contributed by atoms with E-state index >= 15 is 0 Å². The maximum atomic E-state index is 14.3. The Bertz CT molecular complexity index is 4050. The maximum Gasteiger partial charge on any atom is 0.263 e. The molecule has 2 atom stereocenters. The molecule has 0 spiro atoms. The molecule has 8 heterocycles. The summed E-state index contributed by atoms with van der Waals surface area (Å²) in [6.07, 6.45) is 12.1. The molecular formula is C51H50N22O2. The van der Waals surface area contributed by atoms with Gasteiger partial charge in [-0.2, -0.15) is 19.8 Å². The number of nitrogens with two attached hydrogens (primary N) is 2. The van der Waals surface area contributed by atoms with E-state index in [1.54, 1.807) is 40.4 Å². The lowest BCUT2D eigenvalue weighted by molar-refractivity contribution is 0.630. The zero-order valence-electron chi connectivity index (χ0n) is 41.6. The number of para-hydroxylation sites is 1. The molecule has 12 rings (SSSR count). The van der Waals surface area contributed by atoms with Crippen molar-refractivity contribution >= 4 is 44.8 Å². The minimum atomic E-state index is -0.380. The first-order valence-corrected chi connectivity index (χ1v) is 23.9. The van der Waals surface area contributed by atoms with Gasteiger partial charge < -0.3 is 26.7 Å². The number of nitrogens with one attached hydrogen (secondary N) is 2. The summed E-state index contributed by atoms with van der Waals surface area (Å²) in [6.45, 7) is 3.95. The van der Waals surface area contributed by atoms with Gasteiger partial charge >= 0.3 is 0 Å². The standard InChI is InChI=1S/C27H25N11O.C24H25N11O/c1-16(32-25-23(24(28)29-15-30-25)26-33-35-37(3)34-26)21-12-17-8-7-11-20(18-13-31-36(2)14-18)22(17)27(39)38(21)19-9-5-4-6-10-19;1-13(29-22-20(21(25)26-12-27-22)23-30-32-34(3)31-23)18-9-14-5-4-6-17(15-10-28-33(2)11-15)19(14)24(36)35(18)16-7-8-16/h4-16H,1-3H3,(H3,28,29,30,32);4-6,9-13,16H,7-8H2,1-3H3,(H3,25,26,27,29)/t16-;13-/m00/s1. The van der Waals surface area contributed by atoms with Crippen LogP contribution in [0.5, 0.6) is 0 Å². The lowest BCUT2D eigenvalue weighted by Crippen LogP contribution is -2.26. The molecule has 24 heteroatoms. The van der Waals surface area contributed by atoms with Crippen LogP contribution in [0.15, 0.2) is 126 Å². The molecule has 3 aromatic carbocycles. The summed E-state index contributed by atoms with van der Waals surface area (Å²) < 4.78 is 7.11. The van der Waals surface area contributed by atoms with Crippen LogP contribution >= 0.6 is 0 Å². The van der Waals surface area contributed by atoms with Crippen LogP contribution in [-0.2, 0) is 28.2 Å². The molecule has 1 aliphatic carbocycles. The Kier molecular flexibility index (Phi) is 12.1. The molecule has 0 saturated heterocycles. The number of fused-ring (bicyclic) bond motifs is 2. The van der Waals surface area contributed by atoms with Crippen LogP contribution in [0.4, 0.5) is 23.3 Å². The first-order valence-electron chi connectivity index (χ1n) is 23.9. The average Bonchev–Trinajstić information content (AvgIpc) is 3.67. The summed E-state index contributed by atoms with van der Waals surface area (Å²) >= 11 is 0. The molecule has 6 N–H and O–H groups in total. The number of benzene rings is 3. The number of rotatable bonds is 12. The minimum Gasteiger partial charge on any atom is -0.383 e. The maximum absolute atomic E-state index is 14.3. The minimum absolute atomic E-state index is 0.00359. The molecule has 0 bridgehead atoms. The van der Waals surface area contributed by atoms with E-state index in [9.17, 15) is 9.59 Å². The van der Waals surface area contributed by atoms with Crippen LogP contribution in [-0.4, -0.2) is 89.0 Å². The fraction of sp³-hybridized carbons (Fsp3) is 0.216. The molecule has 0 radical (unpaired) electrons. The number of anilines is 4. The first-order chi connectivity index (χ1) is 36.3. The zero-order chi connectivity index (χ0) is 52.1. The van der Waals surface area contributed by atoms with Crippen molar-refractivity contribution in [3.8, 4) is 50.7 Å². The summed E-state index contributed by atoms with van der Waals surface area (Å²) in [7, 11) is 7.06. The van der Waals surface area contributed by atoms with Crippen LogP contribution in [0.2, 0.25) is 0 Å². The second kappa shape index (κ2) is 19.2. The number of aryl methyl sites for hydroxylation is 4. The Hall–Kier alpha value is -10.0. The summed E-state index contributed by atoms with van der Waals surface area (Å²) in [5.41, 5.74) is 19.0. The third kappa shape index (κ3) is 9.04. The van der Waals surface area contributed by atoms with Crippen LogP contribution < -0.4 is 33.2 Å².